The molecule has 2 heterocycles. The molecule has 9 nitrogen and oxygen atoms in total. The molecule has 10 N–H and O–H groups in total. The minimum atomic E-state index is -0.0919. The molecule has 0 bridgehead atoms. The lowest BCUT2D eigenvalue weighted by Gasteiger charge is -2.07. The van der Waals surface area contributed by atoms with Crippen molar-refractivity contribution in [2.75, 3.05) is 6.54 Å². The summed E-state index contributed by atoms with van der Waals surface area (Å²) >= 11 is 0. The highest BCUT2D eigenvalue weighted by molar-refractivity contribution is 5.90. The molecule has 0 atom stereocenters. The molecule has 0 saturated heterocycles. The lowest BCUT2D eigenvalue weighted by molar-refractivity contribution is 0.400. The average molecular weight is 508 g/mol. The van der Waals surface area contributed by atoms with E-state index in [1.807, 2.05) is 19.1 Å². The van der Waals surface area contributed by atoms with Gasteiger partial charge in [-0.25, -0.2) is 0 Å². The maximum absolute atomic E-state index is 9.54. The summed E-state index contributed by atoms with van der Waals surface area (Å²) < 4.78 is 0. The van der Waals surface area contributed by atoms with Gasteiger partial charge < -0.3 is 46.3 Å². The average Bonchev–Trinajstić information content (AvgIpc) is 3.50. The summed E-state index contributed by atoms with van der Waals surface area (Å²) in [4.78, 5) is 6.12. The minimum absolute atomic E-state index is 0.0235. The molecular weight excluding hydrogens is 474 g/mol. The molecule has 0 saturated carbocycles. The number of hydrogen-bond donors (Lipinski definition) is 9. The van der Waals surface area contributed by atoms with E-state index in [2.05, 4.69) is 9.97 Å². The van der Waals surface area contributed by atoms with Crippen molar-refractivity contribution < 1.29 is 30.6 Å². The van der Waals surface area contributed by atoms with Gasteiger partial charge in [0.25, 0.3) is 0 Å². The number of nitrogens with one attached hydrogen (secondary N) is 2. The van der Waals surface area contributed by atoms with E-state index in [9.17, 15) is 20.4 Å². The number of fused-ring (bicyclic) bond motifs is 2. The van der Waals surface area contributed by atoms with Crippen LogP contribution in [0.1, 0.15) is 27.9 Å². The van der Waals surface area contributed by atoms with Crippen molar-refractivity contribution in [1.29, 1.82) is 0 Å². The van der Waals surface area contributed by atoms with E-state index in [1.54, 1.807) is 33.0 Å². The predicted molar refractivity (Wildman–Crippen MR) is 145 cm³/mol. The van der Waals surface area contributed by atoms with Gasteiger partial charge in [0.2, 0.25) is 0 Å². The van der Waals surface area contributed by atoms with E-state index >= 15 is 0 Å². The van der Waals surface area contributed by atoms with Gasteiger partial charge in [-0.3, -0.25) is 0 Å². The summed E-state index contributed by atoms with van der Waals surface area (Å²) in [6.07, 6.45) is 2.51. The fraction of sp³-hybridized carbons (Fsp3) is 0.214. The molecule has 5 aromatic rings. The molecule has 9 heteroatoms. The van der Waals surface area contributed by atoms with E-state index in [0.717, 1.165) is 33.1 Å². The smallest absolute Gasteiger partial charge is 0.162 e. The summed E-state index contributed by atoms with van der Waals surface area (Å²) in [5.74, 6) is -0.350. The standard InChI is InChI=1S/2C10H11NO2.C8H11NO2/c1-5-3-7-6(2)10(13)9(12)4-8(7)11-5;1-5-7-3-4-11-8(7)6(2)10(13)9(5)12;9-4-3-6-1-2-7(10)8(11)5-6/h2*3-4,11-13H,1-2H3;1-2,5,10-11H,3-4,9H2. The zero-order chi connectivity index (χ0) is 27.4. The zero-order valence-electron chi connectivity index (χ0n) is 21.2. The molecule has 5 rings (SSSR count). The molecule has 196 valence electrons. The van der Waals surface area contributed by atoms with Gasteiger partial charge >= 0.3 is 0 Å². The fourth-order valence-electron chi connectivity index (χ4n) is 4.04. The molecule has 0 aliphatic heterocycles. The summed E-state index contributed by atoms with van der Waals surface area (Å²) in [5, 5.41) is 57.7. The number of hydrogen-bond acceptors (Lipinski definition) is 7. The Bertz CT molecular complexity index is 1500. The number of rotatable bonds is 2. The second-order valence-corrected chi connectivity index (χ2v) is 8.86. The third kappa shape index (κ3) is 5.68. The maximum atomic E-state index is 9.54. The SMILES string of the molecule is Cc1c(O)c(O)c(C)c2[nH]ccc12.Cc1cc2c(C)c(O)c(O)cc2[nH]1.NCCc1ccc(O)c(O)c1. The van der Waals surface area contributed by atoms with Gasteiger partial charge in [-0.05, 0) is 70.5 Å². The van der Waals surface area contributed by atoms with Gasteiger partial charge in [0, 0.05) is 50.9 Å². The van der Waals surface area contributed by atoms with Crippen molar-refractivity contribution in [3.8, 4) is 34.5 Å². The highest BCUT2D eigenvalue weighted by Gasteiger charge is 2.13. The third-order valence-electron chi connectivity index (χ3n) is 6.20. The topological polar surface area (TPSA) is 179 Å². The molecule has 0 aliphatic carbocycles. The Balaban J connectivity index is 0.000000155. The predicted octanol–water partition coefficient (Wildman–Crippen LogP) is 4.99. The Morgan fingerprint density at radius 1 is 0.676 bits per heavy atom. The van der Waals surface area contributed by atoms with Crippen molar-refractivity contribution in [2.45, 2.75) is 34.1 Å². The Labute approximate surface area is 214 Å². The van der Waals surface area contributed by atoms with E-state index in [0.29, 0.717) is 29.7 Å². The van der Waals surface area contributed by atoms with Crippen molar-refractivity contribution in [3.05, 3.63) is 70.5 Å². The first-order chi connectivity index (χ1) is 17.5. The van der Waals surface area contributed by atoms with Gasteiger partial charge in [0.15, 0.2) is 34.5 Å². The molecule has 0 amide bonds. The summed E-state index contributed by atoms with van der Waals surface area (Å²) in [6, 6.07) is 10.1. The number of phenolic OH excluding ortho intramolecular Hbond substituents is 6. The summed E-state index contributed by atoms with van der Waals surface area (Å²) in [6.45, 7) is 7.82. The molecule has 0 spiro atoms. The third-order valence-corrected chi connectivity index (χ3v) is 6.20. The Kier molecular flexibility index (Phi) is 8.09. The van der Waals surface area contributed by atoms with Crippen LogP contribution in [-0.2, 0) is 6.42 Å². The molecular formula is C28H33N3O6. The van der Waals surface area contributed by atoms with Crippen molar-refractivity contribution in [2.24, 2.45) is 5.73 Å². The number of H-pyrrole nitrogens is 2. The molecule has 37 heavy (non-hydrogen) atoms. The van der Waals surface area contributed by atoms with Crippen LogP contribution in [0, 0.1) is 27.7 Å². The van der Waals surface area contributed by atoms with Crippen LogP contribution >= 0.6 is 0 Å². The van der Waals surface area contributed by atoms with Gasteiger partial charge in [-0.2, -0.15) is 0 Å². The second-order valence-electron chi connectivity index (χ2n) is 8.86. The first kappa shape index (κ1) is 27.1. The molecule has 2 aromatic heterocycles. The van der Waals surface area contributed by atoms with Gasteiger partial charge in [0.1, 0.15) is 0 Å². The highest BCUT2D eigenvalue weighted by Crippen LogP contribution is 2.38. The van der Waals surface area contributed by atoms with Crippen LogP contribution in [0.3, 0.4) is 0 Å². The number of phenols is 6. The summed E-state index contributed by atoms with van der Waals surface area (Å²) in [5.41, 5.74) is 11.1. The van der Waals surface area contributed by atoms with Crippen LogP contribution in [0.15, 0.2) is 42.6 Å². The zero-order valence-corrected chi connectivity index (χ0v) is 21.2. The quantitative estimate of drug-likeness (QED) is 0.151. The Morgan fingerprint density at radius 3 is 1.97 bits per heavy atom. The van der Waals surface area contributed by atoms with E-state index in [4.69, 9.17) is 15.9 Å². The van der Waals surface area contributed by atoms with Crippen LogP contribution in [0.4, 0.5) is 0 Å². The molecule has 0 unspecified atom stereocenters. The lowest BCUT2D eigenvalue weighted by Crippen LogP contribution is -2.02. The van der Waals surface area contributed by atoms with E-state index in [-0.39, 0.29) is 34.5 Å². The number of nitrogens with two attached hydrogens (primary N) is 1. The van der Waals surface area contributed by atoms with E-state index in [1.165, 1.54) is 18.2 Å². The number of aromatic nitrogens is 2. The number of benzene rings is 3. The van der Waals surface area contributed by atoms with Crippen LogP contribution in [-0.4, -0.2) is 47.2 Å². The normalized spacial score (nSPS) is 10.6. The number of aryl methyl sites for hydroxylation is 4. The van der Waals surface area contributed by atoms with E-state index < -0.39 is 0 Å². The first-order valence-corrected chi connectivity index (χ1v) is 11.7. The first-order valence-electron chi connectivity index (χ1n) is 11.7. The van der Waals surface area contributed by atoms with Crippen LogP contribution < -0.4 is 5.73 Å². The number of aromatic hydroxyl groups is 6. The van der Waals surface area contributed by atoms with Gasteiger partial charge in [-0.1, -0.05) is 6.07 Å². The lowest BCUT2D eigenvalue weighted by atomic mass is 10.1. The van der Waals surface area contributed by atoms with Crippen LogP contribution in [0.5, 0.6) is 34.5 Å². The van der Waals surface area contributed by atoms with Crippen molar-refractivity contribution in [1.82, 2.24) is 9.97 Å². The van der Waals surface area contributed by atoms with Crippen LogP contribution in [0.2, 0.25) is 0 Å². The molecule has 0 aliphatic rings. The molecule has 3 aromatic carbocycles. The fourth-order valence-corrected chi connectivity index (χ4v) is 4.04. The second kappa shape index (κ2) is 11.0. The highest BCUT2D eigenvalue weighted by atomic mass is 16.3. The van der Waals surface area contributed by atoms with Gasteiger partial charge in [-0.15, -0.1) is 0 Å². The minimum Gasteiger partial charge on any atom is -0.504 e. The number of aromatic amines is 2. The van der Waals surface area contributed by atoms with Crippen molar-refractivity contribution >= 4 is 21.8 Å². The molecule has 0 radical (unpaired) electrons. The Morgan fingerprint density at radius 2 is 1.32 bits per heavy atom. The van der Waals surface area contributed by atoms with Crippen molar-refractivity contribution in [3.63, 3.8) is 0 Å². The van der Waals surface area contributed by atoms with Crippen LogP contribution in [0.25, 0.3) is 21.8 Å². The summed E-state index contributed by atoms with van der Waals surface area (Å²) in [7, 11) is 0. The monoisotopic (exact) mass is 507 g/mol. The molecule has 0 fully saturated rings. The largest absolute Gasteiger partial charge is 0.504 e. The van der Waals surface area contributed by atoms with Gasteiger partial charge in [0.05, 0.1) is 5.52 Å². The Hall–Kier alpha value is -4.50. The maximum Gasteiger partial charge on any atom is 0.162 e.